The van der Waals surface area contributed by atoms with Crippen LogP contribution in [0.3, 0.4) is 0 Å². The van der Waals surface area contributed by atoms with Gasteiger partial charge in [-0.15, -0.1) is 11.3 Å². The van der Waals surface area contributed by atoms with Gasteiger partial charge < -0.3 is 13.7 Å². The summed E-state index contributed by atoms with van der Waals surface area (Å²) in [7, 11) is 1.75. The Kier molecular flexibility index (Phi) is 6.40. The second kappa shape index (κ2) is 9.46. The van der Waals surface area contributed by atoms with E-state index in [0.717, 1.165) is 46.6 Å². The number of furan rings is 2. The molecule has 0 aliphatic heterocycles. The van der Waals surface area contributed by atoms with Crippen LogP contribution in [0.1, 0.15) is 41.1 Å². The number of carbonyl (C=O) groups excluding carboxylic acids is 1. The number of aromatic nitrogens is 2. The van der Waals surface area contributed by atoms with Gasteiger partial charge in [-0.2, -0.15) is 0 Å². The maximum absolute atomic E-state index is 13.7. The fraction of sp³-hybridized carbons (Fsp3) is 0.400. The Hall–Kier alpha value is -2.78. The Balaban J connectivity index is 1.44. The second-order valence-electron chi connectivity index (χ2n) is 8.95. The van der Waals surface area contributed by atoms with Gasteiger partial charge in [-0.05, 0) is 61.9 Å². The Bertz CT molecular complexity index is 1380. The van der Waals surface area contributed by atoms with Crippen molar-refractivity contribution in [3.05, 3.63) is 68.6 Å². The number of carbonyl (C=O) groups is 1. The lowest BCUT2D eigenvalue weighted by Gasteiger charge is -2.18. The summed E-state index contributed by atoms with van der Waals surface area (Å²) >= 11 is 2.92. The molecule has 0 bridgehead atoms. The molecule has 1 amide bonds. The van der Waals surface area contributed by atoms with E-state index in [1.807, 2.05) is 31.2 Å². The third-order valence-electron chi connectivity index (χ3n) is 6.21. The molecule has 0 N–H and O–H groups in total. The van der Waals surface area contributed by atoms with Gasteiger partial charge in [0.2, 0.25) is 5.91 Å². The highest BCUT2D eigenvalue weighted by Crippen LogP contribution is 2.36. The fourth-order valence-electron chi connectivity index (χ4n) is 4.34. The standard InChI is InChI=1S/C25H27N3O4S2/c1-15-6-9-19-20(11-15)34-23-22(19)24(30)28(13-17-5-4-10-31-17)25(26-23)33-14-21(29)27(3)12-18-8-7-16(2)32-18/h4-5,7-8,10,15H,6,9,11-14H2,1-3H3. The molecule has 0 radical (unpaired) electrons. The first-order chi connectivity index (χ1) is 16.4. The van der Waals surface area contributed by atoms with Gasteiger partial charge >= 0.3 is 0 Å². The van der Waals surface area contributed by atoms with E-state index in [-0.39, 0.29) is 23.8 Å². The molecule has 4 aromatic heterocycles. The zero-order chi connectivity index (χ0) is 23.8. The molecule has 4 heterocycles. The molecule has 4 aromatic rings. The first-order valence-electron chi connectivity index (χ1n) is 11.4. The first kappa shape index (κ1) is 23.0. The zero-order valence-electron chi connectivity index (χ0n) is 19.5. The number of fused-ring (bicyclic) bond motifs is 3. The van der Waals surface area contributed by atoms with E-state index < -0.39 is 0 Å². The zero-order valence-corrected chi connectivity index (χ0v) is 21.1. The van der Waals surface area contributed by atoms with Gasteiger partial charge in [0.1, 0.15) is 22.1 Å². The molecule has 0 saturated heterocycles. The first-order valence-corrected chi connectivity index (χ1v) is 13.2. The molecule has 1 atom stereocenters. The van der Waals surface area contributed by atoms with E-state index in [2.05, 4.69) is 6.92 Å². The molecule has 1 aliphatic rings. The van der Waals surface area contributed by atoms with Gasteiger partial charge in [0, 0.05) is 11.9 Å². The van der Waals surface area contributed by atoms with Crippen LogP contribution in [0, 0.1) is 12.8 Å². The molecule has 0 fully saturated rings. The van der Waals surface area contributed by atoms with Gasteiger partial charge in [0.25, 0.3) is 5.56 Å². The van der Waals surface area contributed by atoms with Crippen molar-refractivity contribution in [3.63, 3.8) is 0 Å². The number of thiophene rings is 1. The van der Waals surface area contributed by atoms with E-state index in [0.29, 0.717) is 23.4 Å². The lowest BCUT2D eigenvalue weighted by atomic mass is 9.89. The summed E-state index contributed by atoms with van der Waals surface area (Å²) in [5, 5.41) is 1.27. The summed E-state index contributed by atoms with van der Waals surface area (Å²) in [4.78, 5) is 35.1. The van der Waals surface area contributed by atoms with E-state index >= 15 is 0 Å². The normalized spacial score (nSPS) is 15.6. The number of aryl methyl sites for hydroxylation is 2. The topological polar surface area (TPSA) is 81.5 Å². The van der Waals surface area contributed by atoms with E-state index in [9.17, 15) is 9.59 Å². The van der Waals surface area contributed by atoms with Crippen LogP contribution in [0.2, 0.25) is 0 Å². The maximum atomic E-state index is 13.7. The SMILES string of the molecule is Cc1ccc(CN(C)C(=O)CSc2nc3sc4c(c3c(=O)n2Cc2ccco2)CCC(C)C4)o1. The summed E-state index contributed by atoms with van der Waals surface area (Å²) in [6.45, 7) is 4.82. The van der Waals surface area contributed by atoms with Crippen molar-refractivity contribution in [2.75, 3.05) is 12.8 Å². The van der Waals surface area contributed by atoms with Crippen molar-refractivity contribution >= 4 is 39.2 Å². The van der Waals surface area contributed by atoms with Crippen LogP contribution < -0.4 is 5.56 Å². The van der Waals surface area contributed by atoms with E-state index in [1.165, 1.54) is 16.6 Å². The van der Waals surface area contributed by atoms with Crippen molar-refractivity contribution in [2.24, 2.45) is 5.92 Å². The summed E-state index contributed by atoms with van der Waals surface area (Å²) in [6.07, 6.45) is 4.59. The molecule has 1 aliphatic carbocycles. The van der Waals surface area contributed by atoms with Gasteiger partial charge in [0.05, 0.1) is 30.5 Å². The van der Waals surface area contributed by atoms with Gasteiger partial charge in [-0.1, -0.05) is 18.7 Å². The van der Waals surface area contributed by atoms with Crippen LogP contribution in [0.4, 0.5) is 0 Å². The number of thioether (sulfide) groups is 1. The highest BCUT2D eigenvalue weighted by atomic mass is 32.2. The molecule has 0 saturated carbocycles. The lowest BCUT2D eigenvalue weighted by Crippen LogP contribution is -2.29. The van der Waals surface area contributed by atoms with Crippen molar-refractivity contribution < 1.29 is 13.6 Å². The third-order valence-corrected chi connectivity index (χ3v) is 8.32. The average Bonchev–Trinajstić information content (AvgIpc) is 3.54. The van der Waals surface area contributed by atoms with Gasteiger partial charge in [-0.25, -0.2) is 4.98 Å². The Morgan fingerprint density at radius 1 is 1.32 bits per heavy atom. The maximum Gasteiger partial charge on any atom is 0.263 e. The highest BCUT2D eigenvalue weighted by Gasteiger charge is 2.25. The molecule has 34 heavy (non-hydrogen) atoms. The van der Waals surface area contributed by atoms with Crippen LogP contribution in [-0.4, -0.2) is 33.2 Å². The van der Waals surface area contributed by atoms with Gasteiger partial charge in [0.15, 0.2) is 5.16 Å². The monoisotopic (exact) mass is 497 g/mol. The van der Waals surface area contributed by atoms with E-state index in [1.54, 1.807) is 34.1 Å². The smallest absolute Gasteiger partial charge is 0.263 e. The molecule has 9 heteroatoms. The van der Waals surface area contributed by atoms with E-state index in [4.69, 9.17) is 13.8 Å². The van der Waals surface area contributed by atoms with Crippen molar-refractivity contribution in [1.82, 2.24) is 14.5 Å². The molecule has 1 unspecified atom stereocenters. The summed E-state index contributed by atoms with van der Waals surface area (Å²) in [6, 6.07) is 7.42. The molecule has 178 valence electrons. The second-order valence-corrected chi connectivity index (χ2v) is 11.0. The van der Waals surface area contributed by atoms with Crippen LogP contribution in [-0.2, 0) is 30.7 Å². The third kappa shape index (κ3) is 4.59. The summed E-state index contributed by atoms with van der Waals surface area (Å²) in [5.74, 6) is 2.97. The van der Waals surface area contributed by atoms with Crippen LogP contribution in [0.15, 0.2) is 49.3 Å². The molecule has 5 rings (SSSR count). The molecular formula is C25H27N3O4S2. The minimum absolute atomic E-state index is 0.0529. The highest BCUT2D eigenvalue weighted by molar-refractivity contribution is 7.99. The number of hydrogen-bond donors (Lipinski definition) is 0. The summed E-state index contributed by atoms with van der Waals surface area (Å²) in [5.41, 5.74) is 1.10. The van der Waals surface area contributed by atoms with Crippen molar-refractivity contribution in [2.45, 2.75) is 51.4 Å². The molecule has 7 nitrogen and oxygen atoms in total. The quantitative estimate of drug-likeness (QED) is 0.267. The number of hydrogen-bond acceptors (Lipinski definition) is 7. The number of nitrogens with zero attached hydrogens (tertiary/aromatic N) is 3. The predicted molar refractivity (Wildman–Crippen MR) is 134 cm³/mol. The average molecular weight is 498 g/mol. The minimum atomic E-state index is -0.0581. The van der Waals surface area contributed by atoms with Crippen LogP contribution in [0.25, 0.3) is 10.2 Å². The fourth-order valence-corrected chi connectivity index (χ4v) is 6.70. The van der Waals surface area contributed by atoms with Crippen LogP contribution >= 0.6 is 23.1 Å². The molecule has 0 aromatic carbocycles. The Morgan fingerprint density at radius 3 is 2.91 bits per heavy atom. The lowest BCUT2D eigenvalue weighted by molar-refractivity contribution is -0.127. The van der Waals surface area contributed by atoms with Crippen LogP contribution in [0.5, 0.6) is 0 Å². The number of amides is 1. The largest absolute Gasteiger partial charge is 0.467 e. The Labute approximate surface area is 205 Å². The summed E-state index contributed by atoms with van der Waals surface area (Å²) < 4.78 is 12.8. The predicted octanol–water partition coefficient (Wildman–Crippen LogP) is 4.88. The molecular weight excluding hydrogens is 470 g/mol. The van der Waals surface area contributed by atoms with Gasteiger partial charge in [-0.3, -0.25) is 14.2 Å². The Morgan fingerprint density at radius 2 is 2.18 bits per heavy atom. The molecule has 0 spiro atoms. The van der Waals surface area contributed by atoms with Crippen molar-refractivity contribution in [1.29, 1.82) is 0 Å². The van der Waals surface area contributed by atoms with Crippen molar-refractivity contribution in [3.8, 4) is 0 Å². The number of rotatable bonds is 7. The minimum Gasteiger partial charge on any atom is -0.467 e.